The van der Waals surface area contributed by atoms with Crippen molar-refractivity contribution >= 4 is 0 Å². The summed E-state index contributed by atoms with van der Waals surface area (Å²) >= 11 is 0. The monoisotopic (exact) mass is 308 g/mol. The molecule has 2 heteroatoms. The SMILES string of the molecule is CC1CCC(C(C)C)C(NNC2CC(C)CCC2C(C)C)C1. The number of hydrogen-bond donors (Lipinski definition) is 2. The minimum atomic E-state index is 0.661. The standard InChI is InChI=1S/C20H40N2/c1-13(2)17-9-7-15(5)11-19(17)21-22-20-12-16(6)8-10-18(20)14(3)4/h13-22H,7-12H2,1-6H3. The Morgan fingerprint density at radius 2 is 1.00 bits per heavy atom. The first-order chi connectivity index (χ1) is 10.4. The van der Waals surface area contributed by atoms with Gasteiger partial charge in [-0.1, -0.05) is 54.4 Å². The second kappa shape index (κ2) is 8.15. The zero-order chi connectivity index (χ0) is 16.3. The third-order valence-corrected chi connectivity index (χ3v) is 6.50. The molecule has 0 heterocycles. The Balaban J connectivity index is 1.93. The van der Waals surface area contributed by atoms with Crippen LogP contribution in [0.2, 0.25) is 0 Å². The van der Waals surface area contributed by atoms with E-state index in [-0.39, 0.29) is 0 Å². The zero-order valence-corrected chi connectivity index (χ0v) is 15.9. The predicted octanol–water partition coefficient (Wildman–Crippen LogP) is 5.00. The van der Waals surface area contributed by atoms with Crippen LogP contribution in [0, 0.1) is 35.5 Å². The average Bonchev–Trinajstić information content (AvgIpc) is 2.44. The molecule has 2 rings (SSSR count). The highest BCUT2D eigenvalue weighted by atomic mass is 15.4. The maximum atomic E-state index is 3.81. The summed E-state index contributed by atoms with van der Waals surface area (Å²) in [6, 6.07) is 1.32. The van der Waals surface area contributed by atoms with Gasteiger partial charge in [0.15, 0.2) is 0 Å². The van der Waals surface area contributed by atoms with E-state index >= 15 is 0 Å². The van der Waals surface area contributed by atoms with E-state index in [9.17, 15) is 0 Å². The summed E-state index contributed by atoms with van der Waals surface area (Å²) < 4.78 is 0. The van der Waals surface area contributed by atoms with Crippen LogP contribution < -0.4 is 10.9 Å². The van der Waals surface area contributed by atoms with Gasteiger partial charge in [-0.05, 0) is 61.2 Å². The van der Waals surface area contributed by atoms with Crippen LogP contribution in [-0.2, 0) is 0 Å². The summed E-state index contributed by atoms with van der Waals surface area (Å²) in [5.41, 5.74) is 7.62. The molecule has 2 fully saturated rings. The molecule has 0 aromatic rings. The van der Waals surface area contributed by atoms with Crippen molar-refractivity contribution in [2.75, 3.05) is 0 Å². The topological polar surface area (TPSA) is 24.1 Å². The van der Waals surface area contributed by atoms with Crippen molar-refractivity contribution in [1.82, 2.24) is 10.9 Å². The van der Waals surface area contributed by atoms with Crippen molar-refractivity contribution in [3.63, 3.8) is 0 Å². The van der Waals surface area contributed by atoms with Crippen LogP contribution in [0.15, 0.2) is 0 Å². The van der Waals surface area contributed by atoms with Gasteiger partial charge in [0.1, 0.15) is 0 Å². The summed E-state index contributed by atoms with van der Waals surface area (Å²) in [4.78, 5) is 0. The molecule has 6 unspecified atom stereocenters. The maximum absolute atomic E-state index is 3.81. The molecule has 2 aliphatic rings. The number of rotatable bonds is 5. The Bertz CT molecular complexity index is 294. The van der Waals surface area contributed by atoms with E-state index in [4.69, 9.17) is 0 Å². The summed E-state index contributed by atoms with van der Waals surface area (Å²) in [6.07, 6.45) is 8.29. The van der Waals surface area contributed by atoms with E-state index < -0.39 is 0 Å². The lowest BCUT2D eigenvalue weighted by Crippen LogP contribution is -2.55. The van der Waals surface area contributed by atoms with Gasteiger partial charge in [0, 0.05) is 12.1 Å². The summed E-state index contributed by atoms with van der Waals surface area (Å²) in [6.45, 7) is 14.4. The Kier molecular flexibility index (Phi) is 6.76. The van der Waals surface area contributed by atoms with E-state index in [0.29, 0.717) is 12.1 Å². The molecule has 0 bridgehead atoms. The molecule has 0 radical (unpaired) electrons. The Hall–Kier alpha value is -0.0800. The van der Waals surface area contributed by atoms with Crippen LogP contribution in [0.25, 0.3) is 0 Å². The first kappa shape index (κ1) is 18.3. The molecule has 130 valence electrons. The molecule has 2 nitrogen and oxygen atoms in total. The molecule has 0 saturated heterocycles. The van der Waals surface area contributed by atoms with Crippen molar-refractivity contribution in [2.45, 2.75) is 92.2 Å². The number of hydrogen-bond acceptors (Lipinski definition) is 2. The van der Waals surface area contributed by atoms with Crippen LogP contribution in [0.3, 0.4) is 0 Å². The molecule has 0 aromatic carbocycles. The predicted molar refractivity (Wildman–Crippen MR) is 96.5 cm³/mol. The maximum Gasteiger partial charge on any atom is 0.0246 e. The van der Waals surface area contributed by atoms with E-state index in [1.165, 1.54) is 38.5 Å². The third-order valence-electron chi connectivity index (χ3n) is 6.50. The van der Waals surface area contributed by atoms with Gasteiger partial charge in [0.05, 0.1) is 0 Å². The van der Waals surface area contributed by atoms with Gasteiger partial charge in [-0.2, -0.15) is 0 Å². The Morgan fingerprint density at radius 3 is 1.32 bits per heavy atom. The van der Waals surface area contributed by atoms with Gasteiger partial charge in [-0.3, -0.25) is 10.9 Å². The Morgan fingerprint density at radius 1 is 0.636 bits per heavy atom. The van der Waals surface area contributed by atoms with Gasteiger partial charge in [0.25, 0.3) is 0 Å². The smallest absolute Gasteiger partial charge is 0.0246 e. The molecule has 0 amide bonds. The van der Waals surface area contributed by atoms with Gasteiger partial charge in [-0.25, -0.2) is 0 Å². The highest BCUT2D eigenvalue weighted by molar-refractivity contribution is 4.88. The van der Waals surface area contributed by atoms with Gasteiger partial charge < -0.3 is 0 Å². The summed E-state index contributed by atoms with van der Waals surface area (Å²) in [5, 5.41) is 0. The molecule has 2 aliphatic carbocycles. The fourth-order valence-corrected chi connectivity index (χ4v) is 4.95. The third kappa shape index (κ3) is 4.71. The van der Waals surface area contributed by atoms with Crippen molar-refractivity contribution < 1.29 is 0 Å². The van der Waals surface area contributed by atoms with E-state index in [1.807, 2.05) is 0 Å². The Labute approximate surface area is 139 Å². The van der Waals surface area contributed by atoms with Gasteiger partial charge in [-0.15, -0.1) is 0 Å². The second-order valence-electron chi connectivity index (χ2n) is 9.15. The van der Waals surface area contributed by atoms with E-state index in [2.05, 4.69) is 52.4 Å². The van der Waals surface area contributed by atoms with E-state index in [1.54, 1.807) is 0 Å². The quantitative estimate of drug-likeness (QED) is 0.698. The van der Waals surface area contributed by atoms with Crippen LogP contribution in [0.5, 0.6) is 0 Å². The fraction of sp³-hybridized carbons (Fsp3) is 1.00. The largest absolute Gasteiger partial charge is 0.254 e. The van der Waals surface area contributed by atoms with Crippen LogP contribution in [-0.4, -0.2) is 12.1 Å². The lowest BCUT2D eigenvalue weighted by Gasteiger charge is -2.42. The minimum absolute atomic E-state index is 0.661. The second-order valence-corrected chi connectivity index (χ2v) is 9.15. The van der Waals surface area contributed by atoms with Gasteiger partial charge in [0.2, 0.25) is 0 Å². The molecule has 2 saturated carbocycles. The lowest BCUT2D eigenvalue weighted by atomic mass is 9.73. The average molecular weight is 309 g/mol. The van der Waals surface area contributed by atoms with Crippen LogP contribution in [0.1, 0.15) is 80.1 Å². The van der Waals surface area contributed by atoms with Crippen molar-refractivity contribution in [3.8, 4) is 0 Å². The van der Waals surface area contributed by atoms with Gasteiger partial charge >= 0.3 is 0 Å². The van der Waals surface area contributed by atoms with E-state index in [0.717, 1.165) is 35.5 Å². The zero-order valence-electron chi connectivity index (χ0n) is 15.9. The summed E-state index contributed by atoms with van der Waals surface area (Å²) in [7, 11) is 0. The number of hydrazine groups is 1. The number of nitrogens with one attached hydrogen (secondary N) is 2. The first-order valence-corrected chi connectivity index (χ1v) is 9.89. The minimum Gasteiger partial charge on any atom is -0.254 e. The van der Waals surface area contributed by atoms with Crippen LogP contribution >= 0.6 is 0 Å². The molecule has 6 atom stereocenters. The highest BCUT2D eigenvalue weighted by Crippen LogP contribution is 2.35. The summed E-state index contributed by atoms with van der Waals surface area (Å²) in [5.74, 6) is 5.00. The fourth-order valence-electron chi connectivity index (χ4n) is 4.95. The molecule has 22 heavy (non-hydrogen) atoms. The highest BCUT2D eigenvalue weighted by Gasteiger charge is 2.34. The van der Waals surface area contributed by atoms with Crippen molar-refractivity contribution in [3.05, 3.63) is 0 Å². The first-order valence-electron chi connectivity index (χ1n) is 9.89. The van der Waals surface area contributed by atoms with Crippen molar-refractivity contribution in [1.29, 1.82) is 0 Å². The molecule has 0 aromatic heterocycles. The molecule has 0 spiro atoms. The van der Waals surface area contributed by atoms with Crippen LogP contribution in [0.4, 0.5) is 0 Å². The van der Waals surface area contributed by atoms with Crippen molar-refractivity contribution in [2.24, 2.45) is 35.5 Å². The molecule has 0 aliphatic heterocycles. The molecule has 2 N–H and O–H groups in total. The molecular formula is C20H40N2. The lowest BCUT2D eigenvalue weighted by molar-refractivity contribution is 0.112. The molecular weight excluding hydrogens is 268 g/mol. The normalized spacial score (nSPS) is 40.4.